The zero-order valence-corrected chi connectivity index (χ0v) is 11.9. The molecule has 2 rings (SSSR count). The summed E-state index contributed by atoms with van der Waals surface area (Å²) in [5, 5.41) is 0. The number of aromatic nitrogens is 1. The Morgan fingerprint density at radius 2 is 2.10 bits per heavy atom. The van der Waals surface area contributed by atoms with E-state index >= 15 is 0 Å². The van der Waals surface area contributed by atoms with E-state index in [4.69, 9.17) is 4.74 Å². The van der Waals surface area contributed by atoms with Gasteiger partial charge in [-0.05, 0) is 38.4 Å². The second kappa shape index (κ2) is 5.24. The number of alkyl halides is 3. The first-order valence-electron chi connectivity index (χ1n) is 6.55. The van der Waals surface area contributed by atoms with Crippen molar-refractivity contribution in [3.63, 3.8) is 0 Å². The molecular formula is C14H19F3N2O. The molecule has 1 aromatic rings. The lowest BCUT2D eigenvalue weighted by atomic mass is 9.88. The zero-order chi connectivity index (χ0) is 15.0. The first-order chi connectivity index (χ1) is 9.25. The Bertz CT molecular complexity index is 474. The van der Waals surface area contributed by atoms with Crippen LogP contribution in [0.4, 0.5) is 13.2 Å². The van der Waals surface area contributed by atoms with Crippen molar-refractivity contribution in [2.45, 2.75) is 38.5 Å². The van der Waals surface area contributed by atoms with Gasteiger partial charge in [0, 0.05) is 18.3 Å². The molecule has 0 saturated carbocycles. The molecular weight excluding hydrogens is 269 g/mol. The highest BCUT2D eigenvalue weighted by Gasteiger charge is 2.54. The molecule has 0 amide bonds. The first kappa shape index (κ1) is 15.1. The molecule has 1 fully saturated rings. The normalized spacial score (nSPS) is 23.0. The van der Waals surface area contributed by atoms with E-state index in [1.54, 1.807) is 33.4 Å². The molecule has 0 bridgehead atoms. The minimum atomic E-state index is -4.15. The van der Waals surface area contributed by atoms with Gasteiger partial charge < -0.3 is 4.74 Å². The lowest BCUT2D eigenvalue weighted by molar-refractivity contribution is -0.191. The van der Waals surface area contributed by atoms with Crippen LogP contribution in [0, 0.1) is 5.92 Å². The third kappa shape index (κ3) is 2.90. The molecule has 0 aliphatic carbocycles. The molecule has 20 heavy (non-hydrogen) atoms. The number of ether oxygens (including phenoxy) is 1. The van der Waals surface area contributed by atoms with E-state index in [-0.39, 0.29) is 6.42 Å². The number of nitrogens with zero attached hydrogens (tertiary/aromatic N) is 2. The maximum Gasteiger partial charge on any atom is 0.393 e. The van der Waals surface area contributed by atoms with Crippen molar-refractivity contribution >= 4 is 0 Å². The van der Waals surface area contributed by atoms with Crippen LogP contribution < -0.4 is 4.74 Å². The van der Waals surface area contributed by atoms with E-state index in [9.17, 15) is 13.2 Å². The molecule has 2 heterocycles. The number of pyridine rings is 1. The van der Waals surface area contributed by atoms with Crippen LogP contribution in [0.2, 0.25) is 0 Å². The Hall–Kier alpha value is -1.30. The molecule has 1 aliphatic heterocycles. The molecule has 0 spiro atoms. The van der Waals surface area contributed by atoms with E-state index in [1.165, 1.54) is 0 Å². The summed E-state index contributed by atoms with van der Waals surface area (Å²) in [6, 6.07) is 1.81. The Labute approximate surface area is 116 Å². The second-order valence-corrected chi connectivity index (χ2v) is 5.69. The van der Waals surface area contributed by atoms with Gasteiger partial charge in [0.1, 0.15) is 5.75 Å². The fourth-order valence-corrected chi connectivity index (χ4v) is 2.88. The van der Waals surface area contributed by atoms with Gasteiger partial charge in [0.05, 0.1) is 19.2 Å². The van der Waals surface area contributed by atoms with Gasteiger partial charge in [-0.2, -0.15) is 13.2 Å². The topological polar surface area (TPSA) is 25.4 Å². The van der Waals surface area contributed by atoms with Gasteiger partial charge >= 0.3 is 6.18 Å². The van der Waals surface area contributed by atoms with Crippen LogP contribution in [0.5, 0.6) is 5.75 Å². The number of hydrogen-bond donors (Lipinski definition) is 0. The molecule has 1 aromatic heterocycles. The highest BCUT2D eigenvalue weighted by Crippen LogP contribution is 2.45. The van der Waals surface area contributed by atoms with Crippen LogP contribution >= 0.6 is 0 Å². The Morgan fingerprint density at radius 1 is 1.40 bits per heavy atom. The predicted molar refractivity (Wildman–Crippen MR) is 69.4 cm³/mol. The summed E-state index contributed by atoms with van der Waals surface area (Å²) in [4.78, 5) is 5.90. The van der Waals surface area contributed by atoms with E-state index < -0.39 is 17.6 Å². The van der Waals surface area contributed by atoms with Gasteiger partial charge in [-0.3, -0.25) is 9.88 Å². The van der Waals surface area contributed by atoms with Crippen molar-refractivity contribution in [3.8, 4) is 5.75 Å². The number of rotatable bonds is 3. The van der Waals surface area contributed by atoms with Gasteiger partial charge in [-0.15, -0.1) is 0 Å². The summed E-state index contributed by atoms with van der Waals surface area (Å²) in [5.41, 5.74) is -0.0401. The fraction of sp³-hybridized carbons (Fsp3) is 0.643. The average Bonchev–Trinajstić information content (AvgIpc) is 2.65. The van der Waals surface area contributed by atoms with Crippen molar-refractivity contribution in [1.29, 1.82) is 0 Å². The first-order valence-corrected chi connectivity index (χ1v) is 6.55. The maximum atomic E-state index is 13.0. The zero-order valence-electron chi connectivity index (χ0n) is 11.9. The van der Waals surface area contributed by atoms with Crippen molar-refractivity contribution in [1.82, 2.24) is 9.88 Å². The number of likely N-dealkylation sites (tertiary alicyclic amines) is 1. The van der Waals surface area contributed by atoms with Crippen molar-refractivity contribution in [2.24, 2.45) is 5.92 Å². The Balaban J connectivity index is 2.14. The molecule has 1 aliphatic rings. The molecule has 1 atom stereocenters. The third-order valence-electron chi connectivity index (χ3n) is 4.13. The summed E-state index contributed by atoms with van der Waals surface area (Å²) in [5.74, 6) is -0.666. The highest BCUT2D eigenvalue weighted by molar-refractivity contribution is 5.23. The van der Waals surface area contributed by atoms with E-state index in [1.807, 2.05) is 11.0 Å². The van der Waals surface area contributed by atoms with Crippen LogP contribution in [0.1, 0.15) is 25.8 Å². The minimum absolute atomic E-state index is 0.147. The van der Waals surface area contributed by atoms with Crippen LogP contribution in [0.25, 0.3) is 0 Å². The van der Waals surface area contributed by atoms with Gasteiger partial charge in [-0.1, -0.05) is 0 Å². The monoisotopic (exact) mass is 288 g/mol. The van der Waals surface area contributed by atoms with Crippen LogP contribution in [-0.2, 0) is 6.54 Å². The molecule has 1 saturated heterocycles. The number of halogens is 3. The largest absolute Gasteiger partial charge is 0.495 e. The van der Waals surface area contributed by atoms with Gasteiger partial charge in [-0.25, -0.2) is 0 Å². The van der Waals surface area contributed by atoms with Crippen LogP contribution in [0.3, 0.4) is 0 Å². The lowest BCUT2D eigenvalue weighted by Gasteiger charge is -2.36. The minimum Gasteiger partial charge on any atom is -0.495 e. The van der Waals surface area contributed by atoms with Crippen LogP contribution in [0.15, 0.2) is 18.5 Å². The SMILES string of the molecule is COc1cncc(CN2CCC(C(F)(F)F)C2(C)C)c1. The summed E-state index contributed by atoms with van der Waals surface area (Å²) in [7, 11) is 1.54. The second-order valence-electron chi connectivity index (χ2n) is 5.69. The number of methoxy groups -OCH3 is 1. The molecule has 6 heteroatoms. The summed E-state index contributed by atoms with van der Waals surface area (Å²) in [6.07, 6.45) is -0.755. The number of hydrogen-bond acceptors (Lipinski definition) is 3. The third-order valence-corrected chi connectivity index (χ3v) is 4.13. The van der Waals surface area contributed by atoms with Crippen LogP contribution in [-0.4, -0.2) is 35.3 Å². The average molecular weight is 288 g/mol. The fourth-order valence-electron chi connectivity index (χ4n) is 2.88. The smallest absolute Gasteiger partial charge is 0.393 e. The van der Waals surface area contributed by atoms with Gasteiger partial charge in [0.25, 0.3) is 0 Å². The van der Waals surface area contributed by atoms with Crippen molar-refractivity contribution in [2.75, 3.05) is 13.7 Å². The molecule has 112 valence electrons. The molecule has 1 unspecified atom stereocenters. The van der Waals surface area contributed by atoms with Gasteiger partial charge in [0.2, 0.25) is 0 Å². The van der Waals surface area contributed by atoms with E-state index in [2.05, 4.69) is 4.98 Å². The van der Waals surface area contributed by atoms with Gasteiger partial charge in [0.15, 0.2) is 0 Å². The lowest BCUT2D eigenvalue weighted by Crippen LogP contribution is -2.46. The summed E-state index contributed by atoms with van der Waals surface area (Å²) < 4.78 is 44.2. The quantitative estimate of drug-likeness (QED) is 0.853. The summed E-state index contributed by atoms with van der Waals surface area (Å²) >= 11 is 0. The molecule has 3 nitrogen and oxygen atoms in total. The molecule has 0 aromatic carbocycles. The highest BCUT2D eigenvalue weighted by atomic mass is 19.4. The summed E-state index contributed by atoms with van der Waals surface area (Å²) in [6.45, 7) is 4.20. The maximum absolute atomic E-state index is 13.0. The molecule has 0 radical (unpaired) electrons. The Morgan fingerprint density at radius 3 is 2.65 bits per heavy atom. The van der Waals surface area contributed by atoms with Crippen molar-refractivity contribution < 1.29 is 17.9 Å². The standard InChI is InChI=1S/C14H19F3N2O/c1-13(2)12(14(15,16)17)4-5-19(13)9-10-6-11(20-3)8-18-7-10/h6-8,12H,4-5,9H2,1-3H3. The molecule has 0 N–H and O–H groups in total. The Kier molecular flexibility index (Phi) is 3.95. The van der Waals surface area contributed by atoms with Crippen molar-refractivity contribution in [3.05, 3.63) is 24.0 Å². The van der Waals surface area contributed by atoms with E-state index in [0.717, 1.165) is 5.56 Å². The van der Waals surface area contributed by atoms with E-state index in [0.29, 0.717) is 18.8 Å². The predicted octanol–water partition coefficient (Wildman–Crippen LogP) is 3.25.